The van der Waals surface area contributed by atoms with Gasteiger partial charge in [-0.1, -0.05) is 13.3 Å². The molecule has 1 aromatic rings. The average molecular weight is 573 g/mol. The lowest BCUT2D eigenvalue weighted by atomic mass is 9.95. The Morgan fingerprint density at radius 1 is 1.11 bits per heavy atom. The van der Waals surface area contributed by atoms with E-state index in [0.717, 1.165) is 18.5 Å². The van der Waals surface area contributed by atoms with Gasteiger partial charge >= 0.3 is 0 Å². The second kappa shape index (κ2) is 15.1. The van der Waals surface area contributed by atoms with Crippen molar-refractivity contribution in [1.29, 1.82) is 0 Å². The molecule has 3 heterocycles. The molecule has 2 saturated heterocycles. The molecule has 0 bridgehead atoms. The second-order valence-electron chi connectivity index (χ2n) is 8.72. The molecule has 2 aliphatic heterocycles. The van der Waals surface area contributed by atoms with Crippen LogP contribution in [-0.4, -0.2) is 105 Å². The highest BCUT2D eigenvalue weighted by Gasteiger charge is 2.55. The van der Waals surface area contributed by atoms with E-state index in [2.05, 4.69) is 21.7 Å². The Balaban J connectivity index is 0.00000324. The number of anilines is 1. The Morgan fingerprint density at radius 3 is 2.31 bits per heavy atom. The van der Waals surface area contributed by atoms with Crippen LogP contribution < -0.4 is 15.1 Å². The van der Waals surface area contributed by atoms with E-state index in [-0.39, 0.29) is 50.7 Å². The van der Waals surface area contributed by atoms with Crippen molar-refractivity contribution >= 4 is 46.4 Å². The van der Waals surface area contributed by atoms with Gasteiger partial charge in [0.15, 0.2) is 4.75 Å². The van der Waals surface area contributed by atoms with Crippen molar-refractivity contribution in [3.8, 4) is 5.88 Å². The number of hydrogen-bond donors (Lipinski definition) is 2. The maximum Gasteiger partial charge on any atom is 0.266 e. The van der Waals surface area contributed by atoms with E-state index in [4.69, 9.17) is 9.47 Å². The summed E-state index contributed by atoms with van der Waals surface area (Å²) < 4.78 is 37.7. The van der Waals surface area contributed by atoms with Gasteiger partial charge in [-0.2, -0.15) is 4.31 Å². The summed E-state index contributed by atoms with van der Waals surface area (Å²) in [6.07, 6.45) is 4.01. The van der Waals surface area contributed by atoms with Crippen molar-refractivity contribution < 1.29 is 27.9 Å². The van der Waals surface area contributed by atoms with Crippen LogP contribution in [0.25, 0.3) is 0 Å². The Bertz CT molecular complexity index is 893. The first kappa shape index (κ1) is 32.6. The predicted molar refractivity (Wildman–Crippen MR) is 142 cm³/mol. The SMILES string of the molecule is CCCCOc1ccc(N2CCN(S(=O)(=O)C3(C(=O)NO)CCN(CCOC)CC3)CC2)cn1.Cl.Cl. The molecule has 0 atom stereocenters. The van der Waals surface area contributed by atoms with Gasteiger partial charge in [-0.15, -0.1) is 24.8 Å². The number of nitrogens with zero attached hydrogens (tertiary/aromatic N) is 4. The van der Waals surface area contributed by atoms with Crippen LogP contribution >= 0.6 is 24.8 Å². The van der Waals surface area contributed by atoms with Crippen LogP contribution in [0.4, 0.5) is 5.69 Å². The lowest BCUT2D eigenvalue weighted by Crippen LogP contribution is -2.63. The molecule has 1 amide bonds. The molecular formula is C22H39Cl2N5O6S. The van der Waals surface area contributed by atoms with Crippen LogP contribution in [-0.2, 0) is 19.6 Å². The number of nitrogens with one attached hydrogen (secondary N) is 1. The summed E-state index contributed by atoms with van der Waals surface area (Å²) in [6, 6.07) is 3.75. The summed E-state index contributed by atoms with van der Waals surface area (Å²) in [7, 11) is -2.37. The number of ether oxygens (including phenoxy) is 2. The van der Waals surface area contributed by atoms with Gasteiger partial charge in [-0.05, 0) is 25.3 Å². The van der Waals surface area contributed by atoms with E-state index in [9.17, 15) is 18.4 Å². The lowest BCUT2D eigenvalue weighted by molar-refractivity contribution is -0.133. The molecule has 1 aromatic heterocycles. The minimum absolute atomic E-state index is 0. The number of carbonyl (C=O) groups excluding carboxylic acids is 1. The van der Waals surface area contributed by atoms with Crippen molar-refractivity contribution in [3.05, 3.63) is 18.3 Å². The van der Waals surface area contributed by atoms with Crippen molar-refractivity contribution in [1.82, 2.24) is 19.7 Å². The van der Waals surface area contributed by atoms with E-state index < -0.39 is 20.7 Å². The molecule has 14 heteroatoms. The molecule has 36 heavy (non-hydrogen) atoms. The number of halogens is 2. The van der Waals surface area contributed by atoms with Crippen molar-refractivity contribution in [2.75, 3.05) is 71.0 Å². The number of piperidine rings is 1. The molecule has 2 fully saturated rings. The fraction of sp³-hybridized carbons (Fsp3) is 0.727. The van der Waals surface area contributed by atoms with E-state index in [1.807, 2.05) is 12.1 Å². The van der Waals surface area contributed by atoms with Crippen LogP contribution in [0, 0.1) is 0 Å². The molecule has 0 unspecified atom stereocenters. The van der Waals surface area contributed by atoms with Crippen LogP contribution in [0.15, 0.2) is 18.3 Å². The first-order valence-electron chi connectivity index (χ1n) is 11.9. The Labute approximate surface area is 226 Å². The minimum Gasteiger partial charge on any atom is -0.478 e. The maximum absolute atomic E-state index is 13.7. The van der Waals surface area contributed by atoms with Gasteiger partial charge in [-0.25, -0.2) is 18.9 Å². The third-order valence-corrected chi connectivity index (χ3v) is 9.32. The number of hydrogen-bond acceptors (Lipinski definition) is 9. The Morgan fingerprint density at radius 2 is 1.78 bits per heavy atom. The summed E-state index contributed by atoms with van der Waals surface area (Å²) in [4.78, 5) is 21.2. The molecule has 208 valence electrons. The molecule has 0 spiro atoms. The first-order valence-corrected chi connectivity index (χ1v) is 13.3. The molecule has 3 rings (SSSR count). The van der Waals surface area contributed by atoms with Crippen molar-refractivity contribution in [2.45, 2.75) is 37.4 Å². The number of carbonyl (C=O) groups is 1. The number of aromatic nitrogens is 1. The molecule has 0 aromatic carbocycles. The second-order valence-corrected chi connectivity index (χ2v) is 11.0. The zero-order chi connectivity index (χ0) is 24.6. The van der Waals surface area contributed by atoms with Gasteiger partial charge in [0, 0.05) is 59.0 Å². The highest BCUT2D eigenvalue weighted by molar-refractivity contribution is 7.91. The van der Waals surface area contributed by atoms with Crippen molar-refractivity contribution in [2.24, 2.45) is 0 Å². The lowest BCUT2D eigenvalue weighted by Gasteiger charge is -2.44. The smallest absolute Gasteiger partial charge is 0.266 e. The number of pyridine rings is 1. The number of hydroxylamine groups is 1. The summed E-state index contributed by atoms with van der Waals surface area (Å²) in [5, 5.41) is 9.36. The maximum atomic E-state index is 13.7. The van der Waals surface area contributed by atoms with Crippen LogP contribution in [0.1, 0.15) is 32.6 Å². The third kappa shape index (κ3) is 7.33. The minimum atomic E-state index is -3.99. The quantitative estimate of drug-likeness (QED) is 0.231. The van der Waals surface area contributed by atoms with Gasteiger partial charge in [0.1, 0.15) is 0 Å². The largest absolute Gasteiger partial charge is 0.478 e. The molecule has 0 aliphatic carbocycles. The summed E-state index contributed by atoms with van der Waals surface area (Å²) >= 11 is 0. The van der Waals surface area contributed by atoms with Gasteiger partial charge in [0.05, 0.1) is 25.1 Å². The third-order valence-electron chi connectivity index (χ3n) is 6.70. The number of likely N-dealkylation sites (tertiary alicyclic amines) is 1. The highest BCUT2D eigenvalue weighted by atomic mass is 35.5. The average Bonchev–Trinajstić information content (AvgIpc) is 2.88. The number of sulfonamides is 1. The topological polar surface area (TPSA) is 125 Å². The standard InChI is InChI=1S/C22H37N5O6S.2ClH/c1-3-4-16-33-20-6-5-19(18-23-20)26-11-13-27(14-12-26)34(30,31)22(21(28)24-29)7-9-25(10-8-22)15-17-32-2;;/h5-6,18,29H,3-4,7-17H2,1-2H3,(H,24,28);2*1H. The molecule has 2 aliphatic rings. The molecule has 0 saturated carbocycles. The van der Waals surface area contributed by atoms with Gasteiger partial charge in [0.2, 0.25) is 15.9 Å². The fourth-order valence-electron chi connectivity index (χ4n) is 4.46. The van der Waals surface area contributed by atoms with Crippen LogP contribution in [0.2, 0.25) is 0 Å². The summed E-state index contributed by atoms with van der Waals surface area (Å²) in [5.41, 5.74) is 2.52. The van der Waals surface area contributed by atoms with Crippen LogP contribution in [0.3, 0.4) is 0 Å². The van der Waals surface area contributed by atoms with E-state index in [1.54, 1.807) is 18.8 Å². The number of rotatable bonds is 11. The number of piperazine rings is 1. The van der Waals surface area contributed by atoms with Gasteiger partial charge < -0.3 is 19.3 Å². The molecule has 2 N–H and O–H groups in total. The zero-order valence-corrected chi connectivity index (χ0v) is 23.4. The monoisotopic (exact) mass is 571 g/mol. The number of amides is 1. The normalized spacial score (nSPS) is 18.6. The Hall–Kier alpha value is -1.41. The molecule has 0 radical (unpaired) electrons. The van der Waals surface area contributed by atoms with E-state index >= 15 is 0 Å². The van der Waals surface area contributed by atoms with Gasteiger partial charge in [-0.3, -0.25) is 10.0 Å². The highest BCUT2D eigenvalue weighted by Crippen LogP contribution is 2.34. The van der Waals surface area contributed by atoms with E-state index in [1.165, 1.54) is 4.31 Å². The predicted octanol–water partition coefficient (Wildman–Crippen LogP) is 1.54. The summed E-state index contributed by atoms with van der Waals surface area (Å²) in [6.45, 7) is 6.29. The van der Waals surface area contributed by atoms with Gasteiger partial charge in [0.25, 0.3) is 5.91 Å². The van der Waals surface area contributed by atoms with Crippen molar-refractivity contribution in [3.63, 3.8) is 0 Å². The number of unbranched alkanes of at least 4 members (excludes halogenated alkanes) is 1. The first-order chi connectivity index (χ1) is 16.4. The fourth-order valence-corrected chi connectivity index (χ4v) is 6.58. The Kier molecular flexibility index (Phi) is 13.7. The zero-order valence-electron chi connectivity index (χ0n) is 20.9. The van der Waals surface area contributed by atoms with Crippen LogP contribution in [0.5, 0.6) is 5.88 Å². The number of methoxy groups -OCH3 is 1. The molecular weight excluding hydrogens is 533 g/mol. The van der Waals surface area contributed by atoms with E-state index in [0.29, 0.717) is 51.8 Å². The molecule has 11 nitrogen and oxygen atoms in total. The summed E-state index contributed by atoms with van der Waals surface area (Å²) in [5.74, 6) is -0.281.